The highest BCUT2D eigenvalue weighted by Crippen LogP contribution is 2.49. The van der Waals surface area contributed by atoms with Gasteiger partial charge in [-0.3, -0.25) is 14.7 Å². The summed E-state index contributed by atoms with van der Waals surface area (Å²) in [4.78, 5) is 33.0. The van der Waals surface area contributed by atoms with Gasteiger partial charge in [-0.2, -0.15) is 0 Å². The minimum absolute atomic E-state index is 0.0474. The third kappa shape index (κ3) is 6.03. The molecular weight excluding hydrogens is 684 g/mol. The van der Waals surface area contributed by atoms with Crippen LogP contribution in [0.1, 0.15) is 107 Å². The van der Waals surface area contributed by atoms with Crippen LogP contribution in [0.2, 0.25) is 0 Å². The Labute approximate surface area is 307 Å². The molecule has 1 aromatic carbocycles. The Balaban J connectivity index is 1.15. The van der Waals surface area contributed by atoms with Crippen molar-refractivity contribution in [3.05, 3.63) is 59.2 Å². The predicted octanol–water partition coefficient (Wildman–Crippen LogP) is 8.44. The van der Waals surface area contributed by atoms with Crippen LogP contribution < -0.4 is 15.5 Å². The van der Waals surface area contributed by atoms with Crippen LogP contribution in [0.15, 0.2) is 30.7 Å². The number of halogens is 4. The number of nitrogens with one attached hydrogen (secondary N) is 2. The molecule has 0 spiro atoms. The zero-order valence-corrected chi connectivity index (χ0v) is 31.3. The number of rotatable bonds is 9. The van der Waals surface area contributed by atoms with E-state index in [0.717, 1.165) is 42.4 Å². The van der Waals surface area contributed by atoms with Crippen molar-refractivity contribution in [1.82, 2.24) is 29.7 Å². The highest BCUT2D eigenvalue weighted by molar-refractivity contribution is 5.98. The summed E-state index contributed by atoms with van der Waals surface area (Å²) in [5.74, 6) is -3.14. The molecule has 2 aliphatic carbocycles. The molecule has 8 rings (SSSR count). The number of amides is 1. The van der Waals surface area contributed by atoms with E-state index in [1.165, 1.54) is 39.3 Å². The monoisotopic (exact) mass is 732 g/mol. The second kappa shape index (κ2) is 12.7. The maximum atomic E-state index is 15.7. The van der Waals surface area contributed by atoms with E-state index in [1.807, 2.05) is 30.7 Å². The number of imidazole rings is 1. The number of hydrogen-bond acceptors (Lipinski definition) is 7. The molecule has 1 saturated heterocycles. The summed E-state index contributed by atoms with van der Waals surface area (Å²) in [7, 11) is 0. The first-order valence-corrected chi connectivity index (χ1v) is 18.9. The first-order chi connectivity index (χ1) is 25.1. The Bertz CT molecular complexity index is 2100. The Hall–Kier alpha value is -4.26. The minimum atomic E-state index is -2.77. The number of nitrogens with zero attached hydrogens (tertiary/aromatic N) is 6. The number of carbonyl (C=O) groups excluding carboxylic acids is 1. The number of alkyl halides is 2. The van der Waals surface area contributed by atoms with Crippen molar-refractivity contribution in [2.45, 2.75) is 121 Å². The molecule has 9 nitrogen and oxygen atoms in total. The molecule has 13 heteroatoms. The van der Waals surface area contributed by atoms with Crippen LogP contribution in [0.5, 0.6) is 0 Å². The van der Waals surface area contributed by atoms with Gasteiger partial charge in [-0.1, -0.05) is 20.3 Å². The number of likely N-dealkylation sites (tertiary alicyclic amines) is 1. The zero-order chi connectivity index (χ0) is 37.6. The lowest BCUT2D eigenvalue weighted by molar-refractivity contribution is 0.00197. The molecule has 4 aliphatic rings. The van der Waals surface area contributed by atoms with Gasteiger partial charge in [0.2, 0.25) is 0 Å². The van der Waals surface area contributed by atoms with Gasteiger partial charge < -0.3 is 20.1 Å². The van der Waals surface area contributed by atoms with Crippen molar-refractivity contribution in [3.63, 3.8) is 0 Å². The van der Waals surface area contributed by atoms with Gasteiger partial charge in [0.1, 0.15) is 11.1 Å². The standard InChI is InChI=1S/C40H48F4N8O/c1-22(2)52-21-46-29-16-27(24-14-30-34(45-19-24)38(4,5)20-51(30)25-17-39(6,18-25)50-12-8-7-9-13-50)47-35(33(29)52)48-28-15-26(23(3)31(41)32(28)42)36(53)49-40(10-11-40)37(43)44/h14-16,19,21-22,25,37H,7-13,17-18,20H2,1-6H3,(H,47,48)(H,49,53). The van der Waals surface area contributed by atoms with E-state index in [1.54, 1.807) is 6.33 Å². The Kier molecular flexibility index (Phi) is 8.54. The number of hydrogen-bond donors (Lipinski definition) is 2. The van der Waals surface area contributed by atoms with Crippen LogP contribution in [0.25, 0.3) is 22.3 Å². The van der Waals surface area contributed by atoms with E-state index >= 15 is 8.78 Å². The fourth-order valence-corrected chi connectivity index (χ4v) is 8.80. The first-order valence-electron chi connectivity index (χ1n) is 18.9. The number of benzene rings is 1. The van der Waals surface area contributed by atoms with Crippen molar-refractivity contribution in [2.75, 3.05) is 29.9 Å². The summed E-state index contributed by atoms with van der Waals surface area (Å²) < 4.78 is 60.3. The Morgan fingerprint density at radius 2 is 1.70 bits per heavy atom. The third-order valence-electron chi connectivity index (χ3n) is 12.2. The molecule has 3 fully saturated rings. The highest BCUT2D eigenvalue weighted by atomic mass is 19.3. The molecule has 3 aromatic heterocycles. The number of piperidine rings is 1. The molecule has 0 atom stereocenters. The second-order valence-electron chi connectivity index (χ2n) is 16.9. The van der Waals surface area contributed by atoms with E-state index in [-0.39, 0.29) is 52.5 Å². The quantitative estimate of drug-likeness (QED) is 0.167. The van der Waals surface area contributed by atoms with E-state index in [2.05, 4.69) is 52.3 Å². The van der Waals surface area contributed by atoms with Gasteiger partial charge in [-0.15, -0.1) is 0 Å². The first kappa shape index (κ1) is 35.8. The van der Waals surface area contributed by atoms with Gasteiger partial charge in [0.15, 0.2) is 17.5 Å². The van der Waals surface area contributed by atoms with Crippen LogP contribution in [0.3, 0.4) is 0 Å². The van der Waals surface area contributed by atoms with Crippen molar-refractivity contribution in [3.8, 4) is 11.3 Å². The van der Waals surface area contributed by atoms with Gasteiger partial charge in [0.05, 0.1) is 34.6 Å². The lowest BCUT2D eigenvalue weighted by Crippen LogP contribution is -2.63. The molecule has 2 N–H and O–H groups in total. The van der Waals surface area contributed by atoms with E-state index in [9.17, 15) is 13.6 Å². The molecule has 0 bridgehead atoms. The Morgan fingerprint density at radius 3 is 2.36 bits per heavy atom. The minimum Gasteiger partial charge on any atom is -0.366 e. The molecule has 5 heterocycles. The van der Waals surface area contributed by atoms with Crippen molar-refractivity contribution in [2.24, 2.45) is 0 Å². The van der Waals surface area contributed by atoms with Crippen molar-refractivity contribution in [1.29, 1.82) is 0 Å². The summed E-state index contributed by atoms with van der Waals surface area (Å²) in [5.41, 5.74) is 2.14. The molecule has 2 saturated carbocycles. The van der Waals surface area contributed by atoms with Gasteiger partial charge in [-0.25, -0.2) is 27.5 Å². The average molecular weight is 733 g/mol. The molecule has 2 aliphatic heterocycles. The van der Waals surface area contributed by atoms with E-state index in [4.69, 9.17) is 9.97 Å². The SMILES string of the molecule is Cc1c(C(=O)NC2(C(F)F)CC2)cc(Nc2nc(-c3cnc4c(c3)N(C3CC(C)(N5CCCCC5)C3)CC4(C)C)cc3ncn(C(C)C)c23)c(F)c1F. The molecular formula is C40H48F4N8O. The fourth-order valence-electron chi connectivity index (χ4n) is 8.80. The normalized spacial score (nSPS) is 23.4. The number of pyridine rings is 2. The lowest BCUT2D eigenvalue weighted by Gasteiger charge is -2.56. The Morgan fingerprint density at radius 1 is 0.981 bits per heavy atom. The molecule has 282 valence electrons. The van der Waals surface area contributed by atoms with Crippen LogP contribution in [-0.2, 0) is 5.41 Å². The number of aromatic nitrogens is 4. The summed E-state index contributed by atoms with van der Waals surface area (Å²) in [6.07, 6.45) is 6.98. The third-order valence-corrected chi connectivity index (χ3v) is 12.2. The highest BCUT2D eigenvalue weighted by Gasteiger charge is 2.53. The van der Waals surface area contributed by atoms with Crippen molar-refractivity contribution >= 4 is 34.1 Å². The van der Waals surface area contributed by atoms with Crippen LogP contribution in [0, 0.1) is 18.6 Å². The predicted molar refractivity (Wildman–Crippen MR) is 198 cm³/mol. The fraction of sp³-hybridized carbons (Fsp3) is 0.550. The number of fused-ring (bicyclic) bond motifs is 2. The maximum absolute atomic E-state index is 15.7. The summed E-state index contributed by atoms with van der Waals surface area (Å²) in [6.45, 7) is 15.3. The maximum Gasteiger partial charge on any atom is 0.261 e. The van der Waals surface area contributed by atoms with Gasteiger partial charge in [0, 0.05) is 52.5 Å². The van der Waals surface area contributed by atoms with E-state index < -0.39 is 29.5 Å². The summed E-state index contributed by atoms with van der Waals surface area (Å²) in [6, 6.07) is 5.52. The number of anilines is 3. The topological polar surface area (TPSA) is 91.2 Å². The van der Waals surface area contributed by atoms with Crippen LogP contribution in [0.4, 0.5) is 34.8 Å². The van der Waals surface area contributed by atoms with Crippen LogP contribution >= 0.6 is 0 Å². The van der Waals surface area contributed by atoms with Crippen LogP contribution in [-0.4, -0.2) is 73.5 Å². The molecule has 4 aromatic rings. The average Bonchev–Trinajstić information content (AvgIpc) is 3.68. The van der Waals surface area contributed by atoms with Gasteiger partial charge in [0.25, 0.3) is 12.3 Å². The lowest BCUT2D eigenvalue weighted by atomic mass is 9.71. The molecule has 53 heavy (non-hydrogen) atoms. The van der Waals surface area contributed by atoms with Crippen molar-refractivity contribution < 1.29 is 22.4 Å². The molecule has 0 radical (unpaired) electrons. The van der Waals surface area contributed by atoms with Gasteiger partial charge >= 0.3 is 0 Å². The summed E-state index contributed by atoms with van der Waals surface area (Å²) >= 11 is 0. The molecule has 0 unspecified atom stereocenters. The molecule has 1 amide bonds. The second-order valence-corrected chi connectivity index (χ2v) is 16.9. The summed E-state index contributed by atoms with van der Waals surface area (Å²) in [5, 5.41) is 5.33. The largest absolute Gasteiger partial charge is 0.366 e. The zero-order valence-electron chi connectivity index (χ0n) is 31.3. The number of carbonyl (C=O) groups is 1. The smallest absolute Gasteiger partial charge is 0.261 e. The van der Waals surface area contributed by atoms with Gasteiger partial charge in [-0.05, 0) is 97.5 Å². The van der Waals surface area contributed by atoms with E-state index in [0.29, 0.717) is 22.8 Å².